The zero-order valence-corrected chi connectivity index (χ0v) is 12.7. The number of rotatable bonds is 7. The van der Waals surface area contributed by atoms with Gasteiger partial charge in [0.25, 0.3) is 0 Å². The van der Waals surface area contributed by atoms with Gasteiger partial charge in [-0.25, -0.2) is 0 Å². The minimum atomic E-state index is -0.112. The van der Waals surface area contributed by atoms with Crippen LogP contribution in [0.4, 0.5) is 0 Å². The van der Waals surface area contributed by atoms with Crippen molar-refractivity contribution in [3.05, 3.63) is 35.4 Å². The molecule has 0 radical (unpaired) electrons. The quantitative estimate of drug-likeness (QED) is 0.789. The van der Waals surface area contributed by atoms with Crippen molar-refractivity contribution >= 4 is 5.91 Å². The molecular formula is C16H24N2O3. The van der Waals surface area contributed by atoms with E-state index in [9.17, 15) is 4.79 Å². The normalized spacial score (nSPS) is 21.4. The van der Waals surface area contributed by atoms with Crippen molar-refractivity contribution in [1.29, 1.82) is 0 Å². The zero-order chi connectivity index (χ0) is 15.1. The second-order valence-corrected chi connectivity index (χ2v) is 5.23. The van der Waals surface area contributed by atoms with E-state index in [0.29, 0.717) is 26.4 Å². The van der Waals surface area contributed by atoms with Crippen LogP contribution in [0.1, 0.15) is 18.1 Å². The number of hydrogen-bond donors (Lipinski definition) is 2. The molecule has 0 saturated carbocycles. The van der Waals surface area contributed by atoms with E-state index in [0.717, 1.165) is 17.7 Å². The van der Waals surface area contributed by atoms with Gasteiger partial charge in [-0.05, 0) is 17.7 Å². The maximum atomic E-state index is 12.3. The summed E-state index contributed by atoms with van der Waals surface area (Å²) in [6.07, 6.45) is 0. The third kappa shape index (κ3) is 4.27. The molecule has 1 aliphatic rings. The zero-order valence-electron chi connectivity index (χ0n) is 12.7. The highest BCUT2D eigenvalue weighted by molar-refractivity contribution is 5.79. The van der Waals surface area contributed by atoms with E-state index < -0.39 is 0 Å². The maximum absolute atomic E-state index is 12.3. The van der Waals surface area contributed by atoms with Crippen LogP contribution in [0.15, 0.2) is 24.3 Å². The fourth-order valence-electron chi connectivity index (χ4n) is 2.62. The molecule has 116 valence electrons. The number of amides is 1. The Labute approximate surface area is 126 Å². The summed E-state index contributed by atoms with van der Waals surface area (Å²) in [5.74, 6) is -0.0646. The molecular weight excluding hydrogens is 268 g/mol. The van der Waals surface area contributed by atoms with Crippen molar-refractivity contribution in [1.82, 2.24) is 10.6 Å². The summed E-state index contributed by atoms with van der Waals surface area (Å²) in [7, 11) is 1.67. The lowest BCUT2D eigenvalue weighted by atomic mass is 10.0. The largest absolute Gasteiger partial charge is 0.380 e. The van der Waals surface area contributed by atoms with Gasteiger partial charge < -0.3 is 20.1 Å². The van der Waals surface area contributed by atoms with E-state index >= 15 is 0 Å². The highest BCUT2D eigenvalue weighted by Gasteiger charge is 2.33. The highest BCUT2D eigenvalue weighted by Crippen LogP contribution is 2.15. The first kappa shape index (κ1) is 15.9. The van der Waals surface area contributed by atoms with Gasteiger partial charge in [0.2, 0.25) is 5.91 Å². The van der Waals surface area contributed by atoms with Crippen molar-refractivity contribution in [2.45, 2.75) is 26.1 Å². The summed E-state index contributed by atoms with van der Waals surface area (Å²) >= 11 is 0. The topological polar surface area (TPSA) is 59.6 Å². The highest BCUT2D eigenvalue weighted by atomic mass is 16.5. The molecule has 1 aromatic carbocycles. The van der Waals surface area contributed by atoms with Gasteiger partial charge in [0.1, 0.15) is 0 Å². The Kier molecular flexibility index (Phi) is 6.17. The van der Waals surface area contributed by atoms with Gasteiger partial charge in [-0.2, -0.15) is 0 Å². The number of ether oxygens (including phenoxy) is 2. The molecule has 0 bridgehead atoms. The van der Waals surface area contributed by atoms with Crippen LogP contribution in [0.2, 0.25) is 0 Å². The summed E-state index contributed by atoms with van der Waals surface area (Å²) in [6, 6.07) is 8.10. The SMILES string of the molecule is CCNC1COCC1C(=O)NCc1ccccc1COC. The fourth-order valence-corrected chi connectivity index (χ4v) is 2.62. The summed E-state index contributed by atoms with van der Waals surface area (Å²) < 4.78 is 10.6. The molecule has 0 spiro atoms. The standard InChI is InChI=1S/C16H24N2O3/c1-3-17-15-11-21-10-14(15)16(19)18-8-12-6-4-5-7-13(12)9-20-2/h4-7,14-15,17H,3,8-11H2,1-2H3,(H,18,19). The average Bonchev–Trinajstić information content (AvgIpc) is 2.95. The predicted octanol–water partition coefficient (Wildman–Crippen LogP) is 1.07. The number of hydrogen-bond acceptors (Lipinski definition) is 4. The third-order valence-electron chi connectivity index (χ3n) is 3.75. The Bertz CT molecular complexity index is 465. The van der Waals surface area contributed by atoms with Gasteiger partial charge in [-0.1, -0.05) is 31.2 Å². The Morgan fingerprint density at radius 3 is 2.81 bits per heavy atom. The van der Waals surface area contributed by atoms with E-state index in [1.54, 1.807) is 7.11 Å². The monoisotopic (exact) mass is 292 g/mol. The summed E-state index contributed by atoms with van der Waals surface area (Å²) in [4.78, 5) is 12.3. The summed E-state index contributed by atoms with van der Waals surface area (Å²) in [5, 5.41) is 6.31. The molecule has 2 atom stereocenters. The van der Waals surface area contributed by atoms with Gasteiger partial charge in [0, 0.05) is 19.7 Å². The molecule has 1 fully saturated rings. The van der Waals surface area contributed by atoms with Crippen molar-refractivity contribution in [2.24, 2.45) is 5.92 Å². The fraction of sp³-hybridized carbons (Fsp3) is 0.562. The molecule has 21 heavy (non-hydrogen) atoms. The molecule has 0 aromatic heterocycles. The van der Waals surface area contributed by atoms with E-state index in [2.05, 4.69) is 10.6 Å². The number of methoxy groups -OCH3 is 1. The lowest BCUT2D eigenvalue weighted by Gasteiger charge is -2.18. The van der Waals surface area contributed by atoms with Crippen LogP contribution in [-0.2, 0) is 27.4 Å². The Morgan fingerprint density at radius 1 is 1.33 bits per heavy atom. The minimum Gasteiger partial charge on any atom is -0.380 e. The Hall–Kier alpha value is -1.43. The number of nitrogens with one attached hydrogen (secondary N) is 2. The van der Waals surface area contributed by atoms with Gasteiger partial charge in [-0.3, -0.25) is 4.79 Å². The van der Waals surface area contributed by atoms with Gasteiger partial charge in [0.05, 0.1) is 25.7 Å². The lowest BCUT2D eigenvalue weighted by molar-refractivity contribution is -0.125. The number of carbonyl (C=O) groups is 1. The molecule has 1 amide bonds. The number of likely N-dealkylation sites (N-methyl/N-ethyl adjacent to an activating group) is 1. The van der Waals surface area contributed by atoms with Crippen LogP contribution in [-0.4, -0.2) is 38.8 Å². The van der Waals surface area contributed by atoms with Crippen LogP contribution in [0.25, 0.3) is 0 Å². The number of carbonyl (C=O) groups excluding carboxylic acids is 1. The molecule has 1 heterocycles. The van der Waals surface area contributed by atoms with Gasteiger partial charge in [0.15, 0.2) is 0 Å². The Morgan fingerprint density at radius 2 is 2.10 bits per heavy atom. The van der Waals surface area contributed by atoms with Crippen LogP contribution in [0.5, 0.6) is 0 Å². The van der Waals surface area contributed by atoms with Crippen LogP contribution < -0.4 is 10.6 Å². The smallest absolute Gasteiger partial charge is 0.227 e. The van der Waals surface area contributed by atoms with Crippen LogP contribution in [0.3, 0.4) is 0 Å². The molecule has 5 heteroatoms. The first-order chi connectivity index (χ1) is 10.3. The molecule has 5 nitrogen and oxygen atoms in total. The molecule has 1 aliphatic heterocycles. The first-order valence-electron chi connectivity index (χ1n) is 7.40. The predicted molar refractivity (Wildman–Crippen MR) is 80.8 cm³/mol. The second kappa shape index (κ2) is 8.12. The van der Waals surface area contributed by atoms with Gasteiger partial charge >= 0.3 is 0 Å². The van der Waals surface area contributed by atoms with Crippen LogP contribution in [0, 0.1) is 5.92 Å². The minimum absolute atomic E-state index is 0.0469. The van der Waals surface area contributed by atoms with E-state index in [4.69, 9.17) is 9.47 Å². The average molecular weight is 292 g/mol. The first-order valence-corrected chi connectivity index (χ1v) is 7.40. The van der Waals surface area contributed by atoms with Crippen LogP contribution >= 0.6 is 0 Å². The summed E-state index contributed by atoms with van der Waals surface area (Å²) in [6.45, 7) is 5.05. The lowest BCUT2D eigenvalue weighted by Crippen LogP contribution is -2.43. The van der Waals surface area contributed by atoms with Crippen molar-refractivity contribution < 1.29 is 14.3 Å². The molecule has 2 N–H and O–H groups in total. The Balaban J connectivity index is 1.92. The summed E-state index contributed by atoms with van der Waals surface area (Å²) in [5.41, 5.74) is 2.19. The maximum Gasteiger partial charge on any atom is 0.227 e. The van der Waals surface area contributed by atoms with Crippen molar-refractivity contribution in [2.75, 3.05) is 26.9 Å². The van der Waals surface area contributed by atoms with E-state index in [-0.39, 0.29) is 17.9 Å². The van der Waals surface area contributed by atoms with Crippen molar-refractivity contribution in [3.63, 3.8) is 0 Å². The molecule has 1 aromatic rings. The molecule has 1 saturated heterocycles. The van der Waals surface area contributed by atoms with E-state index in [1.807, 2.05) is 31.2 Å². The van der Waals surface area contributed by atoms with Gasteiger partial charge in [-0.15, -0.1) is 0 Å². The molecule has 2 unspecified atom stereocenters. The molecule has 0 aliphatic carbocycles. The number of benzene rings is 1. The molecule has 2 rings (SSSR count). The second-order valence-electron chi connectivity index (χ2n) is 5.23. The van der Waals surface area contributed by atoms with E-state index in [1.165, 1.54) is 0 Å². The van der Waals surface area contributed by atoms with Crippen molar-refractivity contribution in [3.8, 4) is 0 Å². The third-order valence-corrected chi connectivity index (χ3v) is 3.75.